The van der Waals surface area contributed by atoms with Crippen molar-refractivity contribution in [3.05, 3.63) is 18.3 Å². The molecule has 0 unspecified atom stereocenters. The number of carbonyl (C=O) groups is 1. The molecule has 2 bridgehead atoms. The molecule has 2 saturated heterocycles. The summed E-state index contributed by atoms with van der Waals surface area (Å²) in [7, 11) is 0. The first-order valence-electron chi connectivity index (χ1n) is 6.77. The molecule has 4 rings (SSSR count). The SMILES string of the molecule is CC(C)(C)OC(=O)C12CC(Oc3ccnc(F)n3)(CO1)C2. The molecule has 0 atom stereocenters. The molecule has 1 aliphatic carbocycles. The molecule has 1 aromatic heterocycles. The minimum Gasteiger partial charge on any atom is -0.468 e. The van der Waals surface area contributed by atoms with Gasteiger partial charge in [0, 0.05) is 25.1 Å². The van der Waals surface area contributed by atoms with Crippen LogP contribution in [-0.4, -0.2) is 39.3 Å². The van der Waals surface area contributed by atoms with Gasteiger partial charge in [0.2, 0.25) is 5.88 Å². The standard InChI is InChI=1S/C14H17FN2O4/c1-12(2,3)21-10(18)14-6-13(7-14,8-19-14)20-9-4-5-16-11(15)17-9/h4-5H,6-8H2,1-3H3. The summed E-state index contributed by atoms with van der Waals surface area (Å²) in [6, 6.07) is 1.48. The van der Waals surface area contributed by atoms with Crippen molar-refractivity contribution in [3.8, 4) is 5.88 Å². The normalized spacial score (nSPS) is 30.7. The van der Waals surface area contributed by atoms with Crippen LogP contribution in [0.5, 0.6) is 5.88 Å². The number of aromatic nitrogens is 2. The molecule has 0 radical (unpaired) electrons. The van der Waals surface area contributed by atoms with E-state index in [0.29, 0.717) is 12.8 Å². The van der Waals surface area contributed by atoms with Gasteiger partial charge < -0.3 is 14.2 Å². The number of carbonyl (C=O) groups excluding carboxylic acids is 1. The van der Waals surface area contributed by atoms with Crippen LogP contribution in [0.3, 0.4) is 0 Å². The number of fused-ring (bicyclic) bond motifs is 1. The van der Waals surface area contributed by atoms with Gasteiger partial charge in [-0.05, 0) is 20.8 Å². The first-order chi connectivity index (χ1) is 9.72. The number of hydrogen-bond donors (Lipinski definition) is 0. The fourth-order valence-corrected chi connectivity index (χ4v) is 2.74. The van der Waals surface area contributed by atoms with E-state index in [0.717, 1.165) is 0 Å². The molecular weight excluding hydrogens is 279 g/mol. The summed E-state index contributed by atoms with van der Waals surface area (Å²) < 4.78 is 29.6. The van der Waals surface area contributed by atoms with E-state index < -0.39 is 22.9 Å². The molecular formula is C14H17FN2O4. The van der Waals surface area contributed by atoms with Crippen LogP contribution in [0.25, 0.3) is 0 Å². The van der Waals surface area contributed by atoms with E-state index in [4.69, 9.17) is 14.2 Å². The first-order valence-corrected chi connectivity index (χ1v) is 6.77. The van der Waals surface area contributed by atoms with E-state index in [-0.39, 0.29) is 18.5 Å². The highest BCUT2D eigenvalue weighted by molar-refractivity contribution is 5.83. The van der Waals surface area contributed by atoms with Crippen LogP contribution in [0.4, 0.5) is 4.39 Å². The first kappa shape index (κ1) is 14.2. The monoisotopic (exact) mass is 296 g/mol. The third-order valence-corrected chi connectivity index (χ3v) is 3.52. The Balaban J connectivity index is 1.67. The second kappa shape index (κ2) is 4.37. The van der Waals surface area contributed by atoms with Crippen LogP contribution in [0, 0.1) is 6.08 Å². The Labute approximate surface area is 121 Å². The number of rotatable bonds is 3. The third kappa shape index (κ3) is 2.57. The van der Waals surface area contributed by atoms with Crippen molar-refractivity contribution in [1.29, 1.82) is 0 Å². The zero-order chi connectivity index (χ0) is 15.3. The summed E-state index contributed by atoms with van der Waals surface area (Å²) in [4.78, 5) is 19.1. The van der Waals surface area contributed by atoms with Crippen LogP contribution in [-0.2, 0) is 14.3 Å². The lowest BCUT2D eigenvalue weighted by molar-refractivity contribution is -0.185. The Morgan fingerprint density at radius 3 is 2.76 bits per heavy atom. The highest BCUT2D eigenvalue weighted by Gasteiger charge is 2.70. The lowest BCUT2D eigenvalue weighted by Crippen LogP contribution is -2.58. The molecule has 3 fully saturated rings. The van der Waals surface area contributed by atoms with Crippen molar-refractivity contribution in [2.45, 2.75) is 50.4 Å². The van der Waals surface area contributed by atoms with Crippen molar-refractivity contribution in [2.24, 2.45) is 0 Å². The van der Waals surface area contributed by atoms with Gasteiger partial charge in [-0.2, -0.15) is 9.37 Å². The minimum absolute atomic E-state index is 0.144. The number of hydrogen-bond acceptors (Lipinski definition) is 6. The molecule has 7 heteroatoms. The molecule has 0 spiro atoms. The predicted molar refractivity (Wildman–Crippen MR) is 69.1 cm³/mol. The Bertz CT molecular complexity index is 579. The van der Waals surface area contributed by atoms with Gasteiger partial charge in [0.1, 0.15) is 11.2 Å². The molecule has 0 aromatic carbocycles. The Hall–Kier alpha value is -1.76. The largest absolute Gasteiger partial charge is 0.468 e. The van der Waals surface area contributed by atoms with Crippen molar-refractivity contribution < 1.29 is 23.4 Å². The number of halogens is 1. The molecule has 0 N–H and O–H groups in total. The fourth-order valence-electron chi connectivity index (χ4n) is 2.74. The van der Waals surface area contributed by atoms with E-state index in [1.165, 1.54) is 12.3 Å². The van der Waals surface area contributed by atoms with Crippen molar-refractivity contribution >= 4 is 5.97 Å². The van der Waals surface area contributed by atoms with Crippen LogP contribution in [0.1, 0.15) is 33.6 Å². The highest BCUT2D eigenvalue weighted by atomic mass is 19.1. The zero-order valence-corrected chi connectivity index (χ0v) is 12.2. The van der Waals surface area contributed by atoms with Crippen molar-refractivity contribution in [2.75, 3.05) is 6.61 Å². The predicted octanol–water partition coefficient (Wildman–Crippen LogP) is 1.64. The van der Waals surface area contributed by atoms with E-state index in [1.54, 1.807) is 0 Å². The molecule has 2 aliphatic heterocycles. The lowest BCUT2D eigenvalue weighted by atomic mass is 9.70. The van der Waals surface area contributed by atoms with E-state index in [2.05, 4.69) is 9.97 Å². The molecule has 1 saturated carbocycles. The average Bonchev–Trinajstić information content (AvgIpc) is 2.82. The summed E-state index contributed by atoms with van der Waals surface area (Å²) in [6.45, 7) is 5.69. The molecule has 1 aromatic rings. The van der Waals surface area contributed by atoms with Crippen LogP contribution >= 0.6 is 0 Å². The summed E-state index contributed by atoms with van der Waals surface area (Å²) in [5, 5.41) is 0. The minimum atomic E-state index is -0.932. The maximum atomic E-state index is 13.0. The topological polar surface area (TPSA) is 70.5 Å². The fraction of sp³-hybridized carbons (Fsp3) is 0.643. The van der Waals surface area contributed by atoms with Crippen molar-refractivity contribution in [1.82, 2.24) is 9.97 Å². The second-order valence-corrected chi connectivity index (χ2v) is 6.59. The van der Waals surface area contributed by atoms with Crippen LogP contribution in [0.2, 0.25) is 0 Å². The van der Waals surface area contributed by atoms with E-state index >= 15 is 0 Å². The summed E-state index contributed by atoms with van der Waals surface area (Å²) in [5.74, 6) is -0.230. The van der Waals surface area contributed by atoms with Gasteiger partial charge in [-0.3, -0.25) is 0 Å². The van der Waals surface area contributed by atoms with Gasteiger partial charge in [-0.15, -0.1) is 0 Å². The second-order valence-electron chi connectivity index (χ2n) is 6.59. The number of ether oxygens (including phenoxy) is 3. The molecule has 0 amide bonds. The highest BCUT2D eigenvalue weighted by Crippen LogP contribution is 2.54. The third-order valence-electron chi connectivity index (χ3n) is 3.52. The lowest BCUT2D eigenvalue weighted by Gasteiger charge is -2.42. The summed E-state index contributed by atoms with van der Waals surface area (Å²) in [5.41, 5.74) is -2.12. The van der Waals surface area contributed by atoms with Crippen LogP contribution in [0.15, 0.2) is 12.3 Å². The zero-order valence-electron chi connectivity index (χ0n) is 12.2. The average molecular weight is 296 g/mol. The molecule has 3 heterocycles. The van der Waals surface area contributed by atoms with E-state index in [9.17, 15) is 9.18 Å². The number of esters is 1. The van der Waals surface area contributed by atoms with Gasteiger partial charge in [-0.25, -0.2) is 9.78 Å². The quantitative estimate of drug-likeness (QED) is 0.624. The van der Waals surface area contributed by atoms with Gasteiger partial charge >= 0.3 is 12.0 Å². The summed E-state index contributed by atoms with van der Waals surface area (Å²) >= 11 is 0. The Kier molecular flexibility index (Phi) is 2.95. The van der Waals surface area contributed by atoms with Gasteiger partial charge in [0.05, 0.1) is 6.61 Å². The Morgan fingerprint density at radius 1 is 1.43 bits per heavy atom. The maximum Gasteiger partial charge on any atom is 0.339 e. The summed E-state index contributed by atoms with van der Waals surface area (Å²) in [6.07, 6.45) is 1.21. The number of nitrogens with zero attached hydrogens (tertiary/aromatic N) is 2. The van der Waals surface area contributed by atoms with Gasteiger partial charge in [0.25, 0.3) is 0 Å². The Morgan fingerprint density at radius 2 is 2.14 bits per heavy atom. The molecule has 3 aliphatic rings. The molecule has 6 nitrogen and oxygen atoms in total. The van der Waals surface area contributed by atoms with E-state index in [1.807, 2.05) is 20.8 Å². The maximum absolute atomic E-state index is 13.0. The molecule has 114 valence electrons. The molecule has 21 heavy (non-hydrogen) atoms. The van der Waals surface area contributed by atoms with Crippen LogP contribution < -0.4 is 4.74 Å². The smallest absolute Gasteiger partial charge is 0.339 e. The van der Waals surface area contributed by atoms with Gasteiger partial charge in [0.15, 0.2) is 5.60 Å². The van der Waals surface area contributed by atoms with Gasteiger partial charge in [-0.1, -0.05) is 0 Å². The van der Waals surface area contributed by atoms with Crippen molar-refractivity contribution in [3.63, 3.8) is 0 Å².